The van der Waals surface area contributed by atoms with Gasteiger partial charge < -0.3 is 34.6 Å². The summed E-state index contributed by atoms with van der Waals surface area (Å²) in [4.78, 5) is 17.2. The van der Waals surface area contributed by atoms with Gasteiger partial charge in [-0.3, -0.25) is 4.52 Å². The quantitative estimate of drug-likeness (QED) is 0.405. The molecule has 0 spiro atoms. The predicted molar refractivity (Wildman–Crippen MR) is 70.1 cm³/mol. The lowest BCUT2D eigenvalue weighted by Crippen LogP contribution is -2.59. The number of hydrogen-bond donors (Lipinski definition) is 5. The number of phosphoric acid groups is 1. The van der Waals surface area contributed by atoms with Crippen LogP contribution in [0.2, 0.25) is 0 Å². The molecule has 1 saturated heterocycles. The third kappa shape index (κ3) is 6.27. The van der Waals surface area contributed by atoms with E-state index in [1.807, 2.05) is 0 Å². The summed E-state index contributed by atoms with van der Waals surface area (Å²) < 4.78 is 25.7. The fraction of sp³-hybridized carbons (Fsp3) is 1.00. The number of rotatable bonds is 5. The van der Waals surface area contributed by atoms with Gasteiger partial charge >= 0.3 is 7.82 Å². The Hall–Kier alpha value is -0.0900. The predicted octanol–water partition coefficient (Wildman–Crippen LogP) is -0.892. The molecule has 10 heteroatoms. The lowest BCUT2D eigenvalue weighted by Gasteiger charge is -2.42. The van der Waals surface area contributed by atoms with Gasteiger partial charge in [-0.25, -0.2) is 4.57 Å². The van der Waals surface area contributed by atoms with Gasteiger partial charge in [0.2, 0.25) is 0 Å². The number of hydrogen-bond acceptors (Lipinski definition) is 7. The molecule has 1 aliphatic rings. The zero-order chi connectivity index (χ0) is 16.4. The third-order valence-electron chi connectivity index (χ3n) is 2.80. The van der Waals surface area contributed by atoms with Crippen molar-refractivity contribution in [3.05, 3.63) is 0 Å². The fourth-order valence-corrected chi connectivity index (χ4v) is 2.23. The van der Waals surface area contributed by atoms with Crippen molar-refractivity contribution in [3.8, 4) is 0 Å². The molecule has 0 aliphatic carbocycles. The van der Waals surface area contributed by atoms with Crippen LogP contribution in [0.4, 0.5) is 0 Å². The Morgan fingerprint density at radius 3 is 2.14 bits per heavy atom. The summed E-state index contributed by atoms with van der Waals surface area (Å²) in [6, 6.07) is 0. The first kappa shape index (κ1) is 19.0. The summed E-state index contributed by atoms with van der Waals surface area (Å²) in [6.45, 7) is 4.81. The van der Waals surface area contributed by atoms with Crippen LogP contribution in [0.1, 0.15) is 27.2 Å². The molecule has 126 valence electrons. The van der Waals surface area contributed by atoms with Crippen LogP contribution in [0.5, 0.6) is 0 Å². The topological polar surface area (TPSA) is 146 Å². The van der Waals surface area contributed by atoms with Crippen molar-refractivity contribution in [2.24, 2.45) is 0 Å². The molecule has 5 atom stereocenters. The molecular formula is C11H23O9P. The zero-order valence-corrected chi connectivity index (χ0v) is 13.0. The van der Waals surface area contributed by atoms with E-state index in [-0.39, 0.29) is 13.0 Å². The van der Waals surface area contributed by atoms with Crippen molar-refractivity contribution in [3.63, 3.8) is 0 Å². The van der Waals surface area contributed by atoms with E-state index in [4.69, 9.17) is 19.3 Å². The summed E-state index contributed by atoms with van der Waals surface area (Å²) in [5.41, 5.74) is -0.652. The molecule has 0 saturated carbocycles. The van der Waals surface area contributed by atoms with Crippen LogP contribution < -0.4 is 0 Å². The molecule has 1 fully saturated rings. The number of aliphatic hydroxyl groups excluding tert-OH is 3. The van der Waals surface area contributed by atoms with E-state index >= 15 is 0 Å². The Morgan fingerprint density at radius 2 is 1.67 bits per heavy atom. The second-order valence-electron chi connectivity index (χ2n) is 5.86. The molecule has 0 aromatic heterocycles. The zero-order valence-electron chi connectivity index (χ0n) is 12.1. The van der Waals surface area contributed by atoms with Gasteiger partial charge in [0.25, 0.3) is 0 Å². The van der Waals surface area contributed by atoms with Gasteiger partial charge in [0.1, 0.15) is 18.3 Å². The molecule has 9 nitrogen and oxygen atoms in total. The van der Waals surface area contributed by atoms with Crippen LogP contribution in [0.15, 0.2) is 0 Å². The highest BCUT2D eigenvalue weighted by atomic mass is 31.2. The first-order valence-corrected chi connectivity index (χ1v) is 8.01. The molecule has 21 heavy (non-hydrogen) atoms. The first-order chi connectivity index (χ1) is 9.41. The van der Waals surface area contributed by atoms with Gasteiger partial charge in [0.15, 0.2) is 6.29 Å². The van der Waals surface area contributed by atoms with Crippen LogP contribution in [0.25, 0.3) is 0 Å². The van der Waals surface area contributed by atoms with E-state index in [0.717, 1.165) is 0 Å². The van der Waals surface area contributed by atoms with E-state index in [9.17, 15) is 19.9 Å². The lowest BCUT2D eigenvalue weighted by molar-refractivity contribution is -0.318. The molecule has 0 bridgehead atoms. The Bertz CT molecular complexity index is 376. The maximum atomic E-state index is 10.6. The Labute approximate surface area is 122 Å². The van der Waals surface area contributed by atoms with E-state index in [1.165, 1.54) is 0 Å². The van der Waals surface area contributed by atoms with Gasteiger partial charge in [-0.2, -0.15) is 0 Å². The van der Waals surface area contributed by atoms with Crippen LogP contribution in [-0.2, 0) is 18.6 Å². The standard InChI is InChI=1S/C11H23O9P/c1-11(2,3)20-10-9(14)8(13)7(12)6(19-10)4-5-18-21(15,16)17/h6-10,12-14H,4-5H2,1-3H3,(H2,15,16,17)/t6-,7-,8+,9+,10?/m1/s1. The first-order valence-electron chi connectivity index (χ1n) is 6.48. The van der Waals surface area contributed by atoms with Crippen molar-refractivity contribution >= 4 is 7.82 Å². The monoisotopic (exact) mass is 330 g/mol. The molecule has 1 unspecified atom stereocenters. The summed E-state index contributed by atoms with van der Waals surface area (Å²) in [5, 5.41) is 29.4. The van der Waals surface area contributed by atoms with Crippen LogP contribution in [0.3, 0.4) is 0 Å². The average Bonchev–Trinajstić information content (AvgIpc) is 2.29. The molecule has 1 aliphatic heterocycles. The largest absolute Gasteiger partial charge is 0.469 e. The minimum atomic E-state index is -4.61. The maximum Gasteiger partial charge on any atom is 0.469 e. The SMILES string of the molecule is CC(C)(C)OC1O[C@H](CCOP(=O)(O)O)[C@@H](O)[C@H](O)[C@@H]1O. The second kappa shape index (κ2) is 6.99. The molecule has 0 radical (unpaired) electrons. The highest BCUT2D eigenvalue weighted by Crippen LogP contribution is 2.36. The van der Waals surface area contributed by atoms with Crippen LogP contribution >= 0.6 is 7.82 Å². The Morgan fingerprint density at radius 1 is 1.10 bits per heavy atom. The van der Waals surface area contributed by atoms with Crippen molar-refractivity contribution in [1.29, 1.82) is 0 Å². The highest BCUT2D eigenvalue weighted by molar-refractivity contribution is 7.46. The van der Waals surface area contributed by atoms with E-state index in [1.54, 1.807) is 20.8 Å². The van der Waals surface area contributed by atoms with Gasteiger partial charge in [-0.1, -0.05) is 0 Å². The summed E-state index contributed by atoms with van der Waals surface area (Å²) in [6.07, 6.45) is -6.57. The van der Waals surface area contributed by atoms with Crippen molar-refractivity contribution in [2.45, 2.75) is 63.5 Å². The fourth-order valence-electron chi connectivity index (χ4n) is 1.89. The summed E-state index contributed by atoms with van der Waals surface area (Å²) in [5.74, 6) is 0. The summed E-state index contributed by atoms with van der Waals surface area (Å²) in [7, 11) is -4.61. The van der Waals surface area contributed by atoms with Gasteiger partial charge in [0.05, 0.1) is 18.3 Å². The second-order valence-corrected chi connectivity index (χ2v) is 7.10. The van der Waals surface area contributed by atoms with Gasteiger partial charge in [0, 0.05) is 6.42 Å². The maximum absolute atomic E-state index is 10.6. The molecule has 0 amide bonds. The van der Waals surface area contributed by atoms with Crippen molar-refractivity contribution in [1.82, 2.24) is 0 Å². The smallest absolute Gasteiger partial charge is 0.388 e. The molecular weight excluding hydrogens is 307 g/mol. The number of ether oxygens (including phenoxy) is 2. The van der Waals surface area contributed by atoms with E-state index in [0.29, 0.717) is 0 Å². The Kier molecular flexibility index (Phi) is 6.31. The Balaban J connectivity index is 2.64. The normalized spacial score (nSPS) is 35.0. The molecule has 5 N–H and O–H groups in total. The highest BCUT2D eigenvalue weighted by Gasteiger charge is 2.45. The van der Waals surface area contributed by atoms with E-state index in [2.05, 4.69) is 4.52 Å². The number of aliphatic hydroxyl groups is 3. The molecule has 1 heterocycles. The van der Waals surface area contributed by atoms with Crippen molar-refractivity contribution in [2.75, 3.05) is 6.61 Å². The minimum Gasteiger partial charge on any atom is -0.388 e. The molecule has 0 aromatic rings. The lowest BCUT2D eigenvalue weighted by atomic mass is 9.97. The average molecular weight is 330 g/mol. The van der Waals surface area contributed by atoms with Gasteiger partial charge in [-0.05, 0) is 20.8 Å². The van der Waals surface area contributed by atoms with Gasteiger partial charge in [-0.15, -0.1) is 0 Å². The van der Waals surface area contributed by atoms with Crippen LogP contribution in [-0.4, -0.2) is 68.0 Å². The third-order valence-corrected chi connectivity index (χ3v) is 3.32. The summed E-state index contributed by atoms with van der Waals surface area (Å²) >= 11 is 0. The van der Waals surface area contributed by atoms with Crippen molar-refractivity contribution < 1.29 is 43.7 Å². The van der Waals surface area contributed by atoms with Crippen LogP contribution in [0, 0.1) is 0 Å². The van der Waals surface area contributed by atoms with E-state index < -0.39 is 44.1 Å². The minimum absolute atomic E-state index is 0.0833. The molecule has 1 rings (SSSR count). The molecule has 0 aromatic carbocycles. The number of phosphoric ester groups is 1.